The molecule has 9 nitrogen and oxygen atoms in total. The van der Waals surface area contributed by atoms with Crippen molar-refractivity contribution in [2.45, 2.75) is 6.42 Å². The highest BCUT2D eigenvalue weighted by molar-refractivity contribution is 5.86. The van der Waals surface area contributed by atoms with Crippen LogP contribution in [-0.4, -0.2) is 49.5 Å². The third-order valence-corrected chi connectivity index (χ3v) is 2.86. The van der Waals surface area contributed by atoms with Gasteiger partial charge in [0.05, 0.1) is 6.21 Å². The molecule has 0 saturated heterocycles. The molecule has 0 spiro atoms. The fourth-order valence-corrected chi connectivity index (χ4v) is 1.77. The molecule has 0 aliphatic carbocycles. The van der Waals surface area contributed by atoms with E-state index < -0.39 is 0 Å². The fraction of sp³-hybridized carbons (Fsp3) is 0.385. The molecule has 2 amide bonds. The first-order valence-electron chi connectivity index (χ1n) is 6.77. The standard InChI is InChI=1S/C13H18N6O3/c1-18(2)7-3-6-14-13(20)16-15-9-10-4-5-11-12(8-10)19(21)22-17-11/h4-5,8-9H,3,6-7H2,1-2H3,(H2,14,16,20)/b15-9+. The Morgan fingerprint density at radius 2 is 2.36 bits per heavy atom. The van der Waals surface area contributed by atoms with Crippen molar-refractivity contribution in [1.82, 2.24) is 20.8 Å². The van der Waals surface area contributed by atoms with Crippen molar-refractivity contribution in [2.24, 2.45) is 5.10 Å². The Bertz CT molecular complexity index is 667. The molecule has 0 radical (unpaired) electrons. The summed E-state index contributed by atoms with van der Waals surface area (Å²) in [4.78, 5) is 13.8. The van der Waals surface area contributed by atoms with Crippen LogP contribution in [-0.2, 0) is 0 Å². The zero-order valence-corrected chi connectivity index (χ0v) is 12.4. The van der Waals surface area contributed by atoms with E-state index in [0.29, 0.717) is 28.0 Å². The minimum absolute atomic E-state index is 0.303. The van der Waals surface area contributed by atoms with E-state index >= 15 is 0 Å². The summed E-state index contributed by atoms with van der Waals surface area (Å²) in [6.45, 7) is 1.47. The predicted octanol–water partition coefficient (Wildman–Crippen LogP) is 0.0460. The van der Waals surface area contributed by atoms with E-state index in [0.717, 1.165) is 13.0 Å². The number of benzene rings is 1. The summed E-state index contributed by atoms with van der Waals surface area (Å²) in [7, 11) is 3.95. The van der Waals surface area contributed by atoms with E-state index in [-0.39, 0.29) is 6.03 Å². The molecule has 0 atom stereocenters. The van der Waals surface area contributed by atoms with E-state index in [4.69, 9.17) is 0 Å². The number of nitrogens with zero attached hydrogens (tertiary/aromatic N) is 4. The minimum atomic E-state index is -0.375. The van der Waals surface area contributed by atoms with Crippen molar-refractivity contribution >= 4 is 23.3 Å². The average molecular weight is 306 g/mol. The molecule has 0 bridgehead atoms. The van der Waals surface area contributed by atoms with Crippen LogP contribution in [0.2, 0.25) is 0 Å². The second-order valence-corrected chi connectivity index (χ2v) is 4.96. The number of hydrogen-bond donors (Lipinski definition) is 2. The Kier molecular flexibility index (Phi) is 5.26. The molecule has 22 heavy (non-hydrogen) atoms. The Labute approximate surface area is 127 Å². The molecule has 0 unspecified atom stereocenters. The number of aromatic nitrogens is 2. The molecule has 2 aromatic rings. The number of carbonyl (C=O) groups is 1. The molecule has 9 heteroatoms. The van der Waals surface area contributed by atoms with Gasteiger partial charge in [-0.1, -0.05) is 0 Å². The molecule has 1 heterocycles. The van der Waals surface area contributed by atoms with E-state index in [1.807, 2.05) is 19.0 Å². The number of carbonyl (C=O) groups excluding carboxylic acids is 1. The largest absolute Gasteiger partial charge is 0.359 e. The number of fused-ring (bicyclic) bond motifs is 1. The third-order valence-electron chi connectivity index (χ3n) is 2.86. The van der Waals surface area contributed by atoms with Crippen LogP contribution < -0.4 is 15.6 Å². The summed E-state index contributed by atoms with van der Waals surface area (Å²) >= 11 is 0. The average Bonchev–Trinajstić information content (AvgIpc) is 2.85. The van der Waals surface area contributed by atoms with Gasteiger partial charge >= 0.3 is 6.03 Å². The fourth-order valence-electron chi connectivity index (χ4n) is 1.77. The molecule has 2 rings (SSSR count). The topological polar surface area (TPSA) is 110 Å². The lowest BCUT2D eigenvalue weighted by atomic mass is 10.2. The Hall–Kier alpha value is -2.68. The number of hydrazone groups is 1. The zero-order valence-electron chi connectivity index (χ0n) is 12.4. The lowest BCUT2D eigenvalue weighted by molar-refractivity contribution is -0.782. The van der Waals surface area contributed by atoms with Gasteiger partial charge in [0.25, 0.3) is 0 Å². The normalized spacial score (nSPS) is 11.4. The number of hydrogen-bond acceptors (Lipinski definition) is 6. The monoisotopic (exact) mass is 306 g/mol. The highest BCUT2D eigenvalue weighted by Gasteiger charge is 2.08. The van der Waals surface area contributed by atoms with Crippen molar-refractivity contribution < 1.29 is 14.3 Å². The Morgan fingerprint density at radius 3 is 3.14 bits per heavy atom. The summed E-state index contributed by atoms with van der Waals surface area (Å²) in [6, 6.07) is 4.54. The molecule has 0 fully saturated rings. The van der Waals surface area contributed by atoms with Crippen LogP contribution >= 0.6 is 0 Å². The first-order chi connectivity index (χ1) is 10.6. The third kappa shape index (κ3) is 4.42. The van der Waals surface area contributed by atoms with Crippen molar-refractivity contribution in [1.29, 1.82) is 0 Å². The molecule has 0 aliphatic heterocycles. The van der Waals surface area contributed by atoms with Crippen LogP contribution in [0.1, 0.15) is 12.0 Å². The number of urea groups is 1. The van der Waals surface area contributed by atoms with Crippen LogP contribution in [0, 0.1) is 5.21 Å². The summed E-state index contributed by atoms with van der Waals surface area (Å²) in [5, 5.41) is 21.3. The van der Waals surface area contributed by atoms with Gasteiger partial charge in [-0.05, 0) is 49.7 Å². The van der Waals surface area contributed by atoms with Crippen LogP contribution in [0.5, 0.6) is 0 Å². The lowest BCUT2D eigenvalue weighted by Gasteiger charge is -2.09. The van der Waals surface area contributed by atoms with Gasteiger partial charge in [-0.2, -0.15) is 5.10 Å². The number of nitrogens with one attached hydrogen (secondary N) is 2. The van der Waals surface area contributed by atoms with Crippen molar-refractivity contribution in [2.75, 3.05) is 27.2 Å². The van der Waals surface area contributed by atoms with Gasteiger partial charge in [-0.15, -0.1) is 0 Å². The van der Waals surface area contributed by atoms with Crippen LogP contribution in [0.25, 0.3) is 11.0 Å². The van der Waals surface area contributed by atoms with Gasteiger partial charge in [0.2, 0.25) is 11.0 Å². The second-order valence-electron chi connectivity index (χ2n) is 4.96. The van der Waals surface area contributed by atoms with Crippen LogP contribution in [0.3, 0.4) is 0 Å². The van der Waals surface area contributed by atoms with Crippen molar-refractivity contribution in [3.8, 4) is 0 Å². The molecular weight excluding hydrogens is 288 g/mol. The summed E-state index contributed by atoms with van der Waals surface area (Å²) in [5.74, 6) is 0. The number of rotatable bonds is 6. The highest BCUT2D eigenvalue weighted by Crippen LogP contribution is 2.08. The van der Waals surface area contributed by atoms with Gasteiger partial charge in [-0.25, -0.2) is 10.2 Å². The summed E-state index contributed by atoms with van der Waals surface area (Å²) < 4.78 is 4.47. The quantitative estimate of drug-likeness (QED) is 0.339. The minimum Gasteiger partial charge on any atom is -0.359 e. The van der Waals surface area contributed by atoms with Gasteiger partial charge in [0.15, 0.2) is 0 Å². The van der Waals surface area contributed by atoms with E-state index in [9.17, 15) is 10.0 Å². The molecule has 2 N–H and O–H groups in total. The van der Waals surface area contributed by atoms with Crippen LogP contribution in [0.15, 0.2) is 27.9 Å². The molecule has 118 valence electrons. The molecular formula is C13H18N6O3. The maximum atomic E-state index is 11.5. The number of amides is 2. The SMILES string of the molecule is CN(C)CCCNC(=O)N/N=C/c1ccc2no[n+]([O-])c2c1. The first kappa shape index (κ1) is 15.7. The Balaban J connectivity index is 1.80. The van der Waals surface area contributed by atoms with Crippen molar-refractivity contribution in [3.63, 3.8) is 0 Å². The van der Waals surface area contributed by atoms with Gasteiger partial charge in [-0.3, -0.25) is 4.63 Å². The smallest absolute Gasteiger partial charge is 0.335 e. The molecule has 0 aliphatic rings. The predicted molar refractivity (Wildman–Crippen MR) is 80.3 cm³/mol. The zero-order chi connectivity index (χ0) is 15.9. The molecule has 1 aromatic carbocycles. The highest BCUT2D eigenvalue weighted by atomic mass is 16.8. The first-order valence-corrected chi connectivity index (χ1v) is 6.77. The van der Waals surface area contributed by atoms with Crippen molar-refractivity contribution in [3.05, 3.63) is 29.0 Å². The van der Waals surface area contributed by atoms with E-state index in [1.54, 1.807) is 18.2 Å². The molecule has 0 saturated carbocycles. The molecule has 1 aromatic heterocycles. The van der Waals surface area contributed by atoms with E-state index in [2.05, 4.69) is 25.6 Å². The van der Waals surface area contributed by atoms with Gasteiger partial charge in [0.1, 0.15) is 0 Å². The van der Waals surface area contributed by atoms with Crippen LogP contribution in [0.4, 0.5) is 4.79 Å². The maximum Gasteiger partial charge on any atom is 0.335 e. The van der Waals surface area contributed by atoms with E-state index in [1.165, 1.54) is 6.21 Å². The lowest BCUT2D eigenvalue weighted by Crippen LogP contribution is -2.34. The van der Waals surface area contributed by atoms with Gasteiger partial charge in [0, 0.05) is 17.8 Å². The second kappa shape index (κ2) is 7.36. The maximum absolute atomic E-state index is 11.5. The Morgan fingerprint density at radius 1 is 1.55 bits per heavy atom. The van der Waals surface area contributed by atoms with Gasteiger partial charge < -0.3 is 15.4 Å². The summed E-state index contributed by atoms with van der Waals surface area (Å²) in [6.07, 6.45) is 2.30. The summed E-state index contributed by atoms with van der Waals surface area (Å²) in [5.41, 5.74) is 3.76.